The van der Waals surface area contributed by atoms with Gasteiger partial charge in [-0.15, -0.1) is 11.3 Å². The van der Waals surface area contributed by atoms with E-state index in [1.807, 2.05) is 47.2 Å². The monoisotopic (exact) mass is 493 g/mol. The van der Waals surface area contributed by atoms with E-state index in [9.17, 15) is 9.59 Å². The number of nitrogens with zero attached hydrogens (tertiary/aromatic N) is 2. The van der Waals surface area contributed by atoms with Crippen LogP contribution in [0.1, 0.15) is 35.1 Å². The molecule has 4 rings (SSSR count). The summed E-state index contributed by atoms with van der Waals surface area (Å²) >= 11 is 1.28. The first-order valence-corrected chi connectivity index (χ1v) is 12.1. The minimum Gasteiger partial charge on any atom is -0.493 e. The molecular weight excluding hydrogens is 466 g/mol. The third kappa shape index (κ3) is 5.00. The molecule has 0 bridgehead atoms. The minimum atomic E-state index is -0.494. The molecule has 8 nitrogen and oxygen atoms in total. The molecule has 0 saturated carbocycles. The van der Waals surface area contributed by atoms with Crippen molar-refractivity contribution in [3.05, 3.63) is 64.9 Å². The Labute approximate surface area is 207 Å². The molecule has 3 heterocycles. The van der Waals surface area contributed by atoms with Crippen molar-refractivity contribution >= 4 is 33.9 Å². The molecule has 9 heteroatoms. The van der Waals surface area contributed by atoms with Crippen LogP contribution in [-0.4, -0.2) is 42.1 Å². The first-order chi connectivity index (χ1) is 17.0. The Balaban J connectivity index is 1.58. The molecule has 4 aromatic rings. The number of fused-ring (bicyclic) bond motifs is 1. The number of hydrogen-bond acceptors (Lipinski definition) is 7. The number of thiophene rings is 1. The van der Waals surface area contributed by atoms with E-state index in [4.69, 9.17) is 14.2 Å². The molecule has 0 atom stereocenters. The topological polar surface area (TPSA) is 91.2 Å². The zero-order chi connectivity index (χ0) is 24.9. The van der Waals surface area contributed by atoms with Crippen molar-refractivity contribution in [2.45, 2.75) is 26.7 Å². The van der Waals surface area contributed by atoms with Gasteiger partial charge in [0.2, 0.25) is 5.91 Å². The molecule has 0 radical (unpaired) electrons. The first kappa shape index (κ1) is 24.3. The molecule has 182 valence electrons. The van der Waals surface area contributed by atoms with Gasteiger partial charge in [0, 0.05) is 29.3 Å². The summed E-state index contributed by atoms with van der Waals surface area (Å²) in [5.41, 5.74) is 4.46. The molecule has 1 aromatic carbocycles. The largest absolute Gasteiger partial charge is 0.493 e. The van der Waals surface area contributed by atoms with Crippen LogP contribution in [0, 0.1) is 6.92 Å². The number of carbonyl (C=O) groups excluding carboxylic acids is 2. The highest BCUT2D eigenvalue weighted by Crippen LogP contribution is 2.39. The number of nitrogens with one attached hydrogen (secondary N) is 1. The van der Waals surface area contributed by atoms with Gasteiger partial charge in [-0.3, -0.25) is 4.79 Å². The maximum Gasteiger partial charge on any atom is 0.341 e. The normalized spacial score (nSPS) is 10.9. The van der Waals surface area contributed by atoms with E-state index in [1.165, 1.54) is 11.3 Å². The summed E-state index contributed by atoms with van der Waals surface area (Å²) in [6, 6.07) is 11.2. The van der Waals surface area contributed by atoms with Gasteiger partial charge in [0.05, 0.1) is 26.5 Å². The summed E-state index contributed by atoms with van der Waals surface area (Å²) < 4.78 is 18.0. The van der Waals surface area contributed by atoms with Crippen LogP contribution in [0.15, 0.2) is 48.0 Å². The number of benzene rings is 1. The smallest absolute Gasteiger partial charge is 0.341 e. The van der Waals surface area contributed by atoms with E-state index in [-0.39, 0.29) is 18.9 Å². The Kier molecular flexibility index (Phi) is 7.36. The average Bonchev–Trinajstić information content (AvgIpc) is 3.42. The van der Waals surface area contributed by atoms with E-state index < -0.39 is 5.97 Å². The van der Waals surface area contributed by atoms with Crippen LogP contribution < -0.4 is 14.8 Å². The number of amides is 1. The van der Waals surface area contributed by atoms with Gasteiger partial charge in [-0.2, -0.15) is 0 Å². The maximum absolute atomic E-state index is 12.9. The predicted molar refractivity (Wildman–Crippen MR) is 136 cm³/mol. The second-order valence-electron chi connectivity index (χ2n) is 7.76. The Morgan fingerprint density at radius 1 is 1.11 bits per heavy atom. The fraction of sp³-hybridized carbons (Fsp3) is 0.269. The Morgan fingerprint density at radius 3 is 2.66 bits per heavy atom. The van der Waals surface area contributed by atoms with E-state index >= 15 is 0 Å². The molecule has 0 aliphatic heterocycles. The van der Waals surface area contributed by atoms with Gasteiger partial charge in [0.1, 0.15) is 16.2 Å². The second-order valence-corrected chi connectivity index (χ2v) is 8.64. The number of hydrogen-bond donors (Lipinski definition) is 1. The molecule has 3 aromatic heterocycles. The Bertz CT molecular complexity index is 1370. The lowest BCUT2D eigenvalue weighted by Gasteiger charge is -2.11. The summed E-state index contributed by atoms with van der Waals surface area (Å²) in [7, 11) is 3.12. The van der Waals surface area contributed by atoms with Crippen LogP contribution in [-0.2, 0) is 16.0 Å². The van der Waals surface area contributed by atoms with Gasteiger partial charge in [-0.05, 0) is 50.1 Å². The average molecular weight is 494 g/mol. The van der Waals surface area contributed by atoms with Gasteiger partial charge in [0.25, 0.3) is 0 Å². The molecule has 0 spiro atoms. The number of aromatic nitrogens is 2. The van der Waals surface area contributed by atoms with Crippen molar-refractivity contribution in [1.29, 1.82) is 0 Å². The van der Waals surface area contributed by atoms with Crippen molar-refractivity contribution in [2.75, 3.05) is 26.1 Å². The fourth-order valence-electron chi connectivity index (χ4n) is 3.96. The third-order valence-corrected chi connectivity index (χ3v) is 6.53. The van der Waals surface area contributed by atoms with Gasteiger partial charge < -0.3 is 23.9 Å². The van der Waals surface area contributed by atoms with Crippen molar-refractivity contribution in [2.24, 2.45) is 0 Å². The second kappa shape index (κ2) is 10.6. The maximum atomic E-state index is 12.9. The SMILES string of the molecule is CCOC(=O)c1c(-c2ccc(OC)c(OC)c2)csc1NC(=O)CCc1c(C)nc2ccccn12. The number of carbonyl (C=O) groups is 2. The molecular formula is C26H27N3O5S. The Hall–Kier alpha value is -3.85. The third-order valence-electron chi connectivity index (χ3n) is 5.64. The molecule has 35 heavy (non-hydrogen) atoms. The van der Waals surface area contributed by atoms with Gasteiger partial charge in [0.15, 0.2) is 11.5 Å². The molecule has 1 amide bonds. The molecule has 0 aliphatic rings. The molecule has 0 saturated heterocycles. The Morgan fingerprint density at radius 2 is 1.91 bits per heavy atom. The number of esters is 1. The lowest BCUT2D eigenvalue weighted by Crippen LogP contribution is -2.15. The summed E-state index contributed by atoms with van der Waals surface area (Å²) in [5.74, 6) is 0.438. The lowest BCUT2D eigenvalue weighted by molar-refractivity contribution is -0.116. The van der Waals surface area contributed by atoms with Crippen LogP contribution in [0.4, 0.5) is 5.00 Å². The summed E-state index contributed by atoms with van der Waals surface area (Å²) in [4.78, 5) is 30.3. The number of rotatable bonds is 9. The minimum absolute atomic E-state index is 0.193. The molecule has 1 N–H and O–H groups in total. The molecule has 0 aliphatic carbocycles. The van der Waals surface area contributed by atoms with E-state index in [2.05, 4.69) is 10.3 Å². The zero-order valence-electron chi connectivity index (χ0n) is 20.1. The van der Waals surface area contributed by atoms with Crippen LogP contribution >= 0.6 is 11.3 Å². The lowest BCUT2D eigenvalue weighted by atomic mass is 10.0. The van der Waals surface area contributed by atoms with Crippen molar-refractivity contribution < 1.29 is 23.8 Å². The van der Waals surface area contributed by atoms with Gasteiger partial charge in [-0.1, -0.05) is 12.1 Å². The van der Waals surface area contributed by atoms with Crippen LogP contribution in [0.5, 0.6) is 11.5 Å². The van der Waals surface area contributed by atoms with Crippen molar-refractivity contribution in [1.82, 2.24) is 9.38 Å². The van der Waals surface area contributed by atoms with Crippen LogP contribution in [0.2, 0.25) is 0 Å². The van der Waals surface area contributed by atoms with Crippen molar-refractivity contribution in [3.8, 4) is 22.6 Å². The van der Waals surface area contributed by atoms with Crippen LogP contribution in [0.25, 0.3) is 16.8 Å². The van der Waals surface area contributed by atoms with E-state index in [0.717, 1.165) is 22.6 Å². The summed E-state index contributed by atoms with van der Waals surface area (Å²) in [5, 5.41) is 5.20. The standard InChI is InChI=1S/C26H27N3O5S/c1-5-34-26(31)24-18(17-9-11-20(32-3)21(14-17)33-4)15-35-25(24)28-23(30)12-10-19-16(2)27-22-8-6-7-13-29(19)22/h6-9,11,13-15H,5,10,12H2,1-4H3,(H,28,30). The van der Waals surface area contributed by atoms with E-state index in [1.54, 1.807) is 33.3 Å². The fourth-order valence-corrected chi connectivity index (χ4v) is 4.93. The number of pyridine rings is 1. The number of ether oxygens (including phenoxy) is 3. The zero-order valence-corrected chi connectivity index (χ0v) is 20.9. The predicted octanol–water partition coefficient (Wildman–Crippen LogP) is 5.14. The summed E-state index contributed by atoms with van der Waals surface area (Å²) in [6.45, 7) is 3.91. The molecule has 0 fully saturated rings. The molecule has 0 unspecified atom stereocenters. The number of imidazole rings is 1. The number of anilines is 1. The van der Waals surface area contributed by atoms with Gasteiger partial charge in [-0.25, -0.2) is 9.78 Å². The quantitative estimate of drug-likeness (QED) is 0.325. The highest BCUT2D eigenvalue weighted by molar-refractivity contribution is 7.15. The highest BCUT2D eigenvalue weighted by Gasteiger charge is 2.24. The van der Waals surface area contributed by atoms with Crippen molar-refractivity contribution in [3.63, 3.8) is 0 Å². The van der Waals surface area contributed by atoms with Gasteiger partial charge >= 0.3 is 5.97 Å². The first-order valence-electron chi connectivity index (χ1n) is 11.2. The van der Waals surface area contributed by atoms with Crippen LogP contribution in [0.3, 0.4) is 0 Å². The summed E-state index contributed by atoms with van der Waals surface area (Å²) in [6.07, 6.45) is 2.71. The van der Waals surface area contributed by atoms with E-state index in [0.29, 0.717) is 34.0 Å². The highest BCUT2D eigenvalue weighted by atomic mass is 32.1. The number of aryl methyl sites for hydroxylation is 2. The number of methoxy groups -OCH3 is 2.